The van der Waals surface area contributed by atoms with Crippen LogP contribution in [0, 0.1) is 0 Å². The van der Waals surface area contributed by atoms with Crippen molar-refractivity contribution in [2.24, 2.45) is 0 Å². The van der Waals surface area contributed by atoms with E-state index < -0.39 is 0 Å². The number of rotatable bonds is 5. The minimum atomic E-state index is 0. The Morgan fingerprint density at radius 3 is 2.58 bits per heavy atom. The number of morpholine rings is 1. The quantitative estimate of drug-likeness (QED) is 0.890. The lowest BCUT2D eigenvalue weighted by atomic mass is 10.2. The zero-order valence-corrected chi connectivity index (χ0v) is 11.8. The molecule has 0 atom stereocenters. The molecular weight excluding hydrogens is 264 g/mol. The Morgan fingerprint density at radius 1 is 1.21 bits per heavy atom. The van der Waals surface area contributed by atoms with Crippen LogP contribution in [-0.2, 0) is 16.1 Å². The molecule has 1 heterocycles. The summed E-state index contributed by atoms with van der Waals surface area (Å²) in [6.07, 6.45) is 0.562. The molecule has 0 aromatic heterocycles. The fourth-order valence-electron chi connectivity index (χ4n) is 1.97. The summed E-state index contributed by atoms with van der Waals surface area (Å²) in [5, 5.41) is 2.94. The summed E-state index contributed by atoms with van der Waals surface area (Å²) in [5.74, 6) is 0.116. The van der Waals surface area contributed by atoms with Gasteiger partial charge in [0.2, 0.25) is 5.91 Å². The smallest absolute Gasteiger partial charge is 0.221 e. The van der Waals surface area contributed by atoms with Crippen LogP contribution in [0.1, 0.15) is 12.0 Å². The Morgan fingerprint density at radius 2 is 1.89 bits per heavy atom. The largest absolute Gasteiger partial charge is 0.379 e. The van der Waals surface area contributed by atoms with Gasteiger partial charge in [-0.05, 0) is 5.56 Å². The first-order valence-corrected chi connectivity index (χ1v) is 6.45. The Bertz CT molecular complexity index is 367. The van der Waals surface area contributed by atoms with Crippen molar-refractivity contribution in [3.63, 3.8) is 0 Å². The van der Waals surface area contributed by atoms with Crippen molar-refractivity contribution in [3.8, 4) is 0 Å². The van der Waals surface area contributed by atoms with Gasteiger partial charge in [-0.25, -0.2) is 0 Å². The van der Waals surface area contributed by atoms with Gasteiger partial charge < -0.3 is 10.1 Å². The van der Waals surface area contributed by atoms with Gasteiger partial charge in [0.05, 0.1) is 13.2 Å². The summed E-state index contributed by atoms with van der Waals surface area (Å²) < 4.78 is 5.27. The van der Waals surface area contributed by atoms with E-state index in [0.29, 0.717) is 13.0 Å². The van der Waals surface area contributed by atoms with E-state index in [9.17, 15) is 4.79 Å². The van der Waals surface area contributed by atoms with Gasteiger partial charge in [0.1, 0.15) is 0 Å². The van der Waals surface area contributed by atoms with E-state index in [4.69, 9.17) is 4.74 Å². The minimum Gasteiger partial charge on any atom is -0.379 e. The predicted octanol–water partition coefficient (Wildman–Crippen LogP) is 1.45. The van der Waals surface area contributed by atoms with Crippen molar-refractivity contribution in [1.29, 1.82) is 0 Å². The van der Waals surface area contributed by atoms with Crippen LogP contribution in [0.3, 0.4) is 0 Å². The molecule has 0 saturated carbocycles. The van der Waals surface area contributed by atoms with Crippen molar-refractivity contribution in [3.05, 3.63) is 35.9 Å². The number of nitrogens with zero attached hydrogens (tertiary/aromatic N) is 1. The number of amides is 1. The molecule has 106 valence electrons. The molecule has 4 nitrogen and oxygen atoms in total. The topological polar surface area (TPSA) is 41.6 Å². The first kappa shape index (κ1) is 16.0. The van der Waals surface area contributed by atoms with Crippen molar-refractivity contribution in [2.45, 2.75) is 13.0 Å². The highest BCUT2D eigenvalue weighted by Gasteiger charge is 2.11. The maximum atomic E-state index is 11.7. The molecule has 1 aliphatic rings. The first-order chi connectivity index (χ1) is 8.84. The number of benzene rings is 1. The fourth-order valence-corrected chi connectivity index (χ4v) is 1.97. The van der Waals surface area contributed by atoms with Crippen LogP contribution >= 0.6 is 12.4 Å². The molecule has 1 aliphatic heterocycles. The van der Waals surface area contributed by atoms with Gasteiger partial charge in [-0.15, -0.1) is 12.4 Å². The molecule has 1 N–H and O–H groups in total. The van der Waals surface area contributed by atoms with Gasteiger partial charge in [0, 0.05) is 32.6 Å². The highest BCUT2D eigenvalue weighted by atomic mass is 35.5. The summed E-state index contributed by atoms with van der Waals surface area (Å²) in [6, 6.07) is 9.97. The highest BCUT2D eigenvalue weighted by Crippen LogP contribution is 2.00. The second kappa shape index (κ2) is 8.91. The third-order valence-corrected chi connectivity index (χ3v) is 3.09. The average molecular weight is 285 g/mol. The fraction of sp³-hybridized carbons (Fsp3) is 0.500. The van der Waals surface area contributed by atoms with Crippen LogP contribution in [-0.4, -0.2) is 43.7 Å². The standard InChI is InChI=1S/C14H20N2O2.ClH/c17-14(6-7-16-8-10-18-11-9-16)15-12-13-4-2-1-3-5-13;/h1-5H,6-12H2,(H,15,17);1H. The van der Waals surface area contributed by atoms with Crippen LogP contribution in [0.4, 0.5) is 0 Å². The summed E-state index contributed by atoms with van der Waals surface area (Å²) in [5.41, 5.74) is 1.14. The molecule has 1 amide bonds. The molecule has 1 saturated heterocycles. The maximum Gasteiger partial charge on any atom is 0.221 e. The van der Waals surface area contributed by atoms with E-state index in [2.05, 4.69) is 10.2 Å². The molecule has 1 aromatic carbocycles. The molecule has 0 radical (unpaired) electrons. The number of ether oxygens (including phenoxy) is 1. The zero-order chi connectivity index (χ0) is 12.6. The summed E-state index contributed by atoms with van der Waals surface area (Å²) in [7, 11) is 0. The second-order valence-electron chi connectivity index (χ2n) is 4.47. The van der Waals surface area contributed by atoms with Crippen LogP contribution in [0.15, 0.2) is 30.3 Å². The van der Waals surface area contributed by atoms with Crippen LogP contribution < -0.4 is 5.32 Å². The molecule has 0 aliphatic carbocycles. The minimum absolute atomic E-state index is 0. The molecule has 0 spiro atoms. The van der Waals surface area contributed by atoms with Crippen molar-refractivity contribution in [2.75, 3.05) is 32.8 Å². The third kappa shape index (κ3) is 6.05. The number of carbonyl (C=O) groups excluding carboxylic acids is 1. The number of hydrogen-bond acceptors (Lipinski definition) is 3. The van der Waals surface area contributed by atoms with E-state index in [-0.39, 0.29) is 18.3 Å². The van der Waals surface area contributed by atoms with Gasteiger partial charge >= 0.3 is 0 Å². The van der Waals surface area contributed by atoms with Gasteiger partial charge in [-0.2, -0.15) is 0 Å². The molecule has 0 unspecified atom stereocenters. The van der Waals surface area contributed by atoms with Crippen LogP contribution in [0.2, 0.25) is 0 Å². The van der Waals surface area contributed by atoms with E-state index >= 15 is 0 Å². The van der Waals surface area contributed by atoms with Gasteiger partial charge in [-0.1, -0.05) is 30.3 Å². The number of carbonyl (C=O) groups is 1. The van der Waals surface area contributed by atoms with Crippen LogP contribution in [0.5, 0.6) is 0 Å². The summed E-state index contributed by atoms with van der Waals surface area (Å²) in [4.78, 5) is 14.0. The lowest BCUT2D eigenvalue weighted by molar-refractivity contribution is -0.121. The molecule has 1 fully saturated rings. The summed E-state index contributed by atoms with van der Waals surface area (Å²) >= 11 is 0. The Hall–Kier alpha value is -1.10. The predicted molar refractivity (Wildman–Crippen MR) is 77.4 cm³/mol. The molecule has 0 bridgehead atoms. The average Bonchev–Trinajstić information content (AvgIpc) is 2.45. The molecular formula is C14H21ClN2O2. The van der Waals surface area contributed by atoms with Gasteiger partial charge in [0.15, 0.2) is 0 Å². The lowest BCUT2D eigenvalue weighted by Gasteiger charge is -2.26. The molecule has 5 heteroatoms. The zero-order valence-electron chi connectivity index (χ0n) is 11.0. The molecule has 19 heavy (non-hydrogen) atoms. The SMILES string of the molecule is Cl.O=C(CCN1CCOCC1)NCc1ccccc1. The second-order valence-corrected chi connectivity index (χ2v) is 4.47. The van der Waals surface area contributed by atoms with E-state index in [1.807, 2.05) is 30.3 Å². The third-order valence-electron chi connectivity index (χ3n) is 3.09. The number of halogens is 1. The first-order valence-electron chi connectivity index (χ1n) is 6.45. The monoisotopic (exact) mass is 284 g/mol. The van der Waals surface area contributed by atoms with E-state index in [0.717, 1.165) is 38.4 Å². The normalized spacial score (nSPS) is 15.6. The number of hydrogen-bond donors (Lipinski definition) is 1. The summed E-state index contributed by atoms with van der Waals surface area (Å²) in [6.45, 7) is 4.88. The molecule has 2 rings (SSSR count). The highest BCUT2D eigenvalue weighted by molar-refractivity contribution is 5.85. The van der Waals surface area contributed by atoms with E-state index in [1.165, 1.54) is 0 Å². The van der Waals surface area contributed by atoms with Gasteiger partial charge in [-0.3, -0.25) is 9.69 Å². The molecule has 1 aromatic rings. The maximum absolute atomic E-state index is 11.7. The lowest BCUT2D eigenvalue weighted by Crippen LogP contribution is -2.38. The van der Waals surface area contributed by atoms with Gasteiger partial charge in [0.25, 0.3) is 0 Å². The van der Waals surface area contributed by atoms with Crippen molar-refractivity contribution < 1.29 is 9.53 Å². The Kier molecular flexibility index (Phi) is 7.48. The Balaban J connectivity index is 0.00000180. The number of nitrogens with one attached hydrogen (secondary N) is 1. The van der Waals surface area contributed by atoms with Crippen molar-refractivity contribution in [1.82, 2.24) is 10.2 Å². The Labute approximate surface area is 120 Å². The van der Waals surface area contributed by atoms with Crippen LogP contribution in [0.25, 0.3) is 0 Å². The van der Waals surface area contributed by atoms with Crippen molar-refractivity contribution >= 4 is 18.3 Å². The van der Waals surface area contributed by atoms with E-state index in [1.54, 1.807) is 0 Å².